The molecule has 0 saturated heterocycles. The molecule has 21 heavy (non-hydrogen) atoms. The van der Waals surface area contributed by atoms with Gasteiger partial charge >= 0.3 is 0 Å². The van der Waals surface area contributed by atoms with Gasteiger partial charge in [-0.3, -0.25) is 0 Å². The molecule has 1 aliphatic rings. The molecule has 1 heterocycles. The fourth-order valence-electron chi connectivity index (χ4n) is 2.29. The normalized spacial score (nSPS) is 16.3. The molecule has 0 amide bonds. The van der Waals surface area contributed by atoms with E-state index in [0.717, 1.165) is 18.5 Å². The van der Waals surface area contributed by atoms with Crippen LogP contribution in [-0.2, 0) is 16.6 Å². The van der Waals surface area contributed by atoms with Gasteiger partial charge in [0.2, 0.25) is 10.0 Å². The first kappa shape index (κ1) is 16.5. The van der Waals surface area contributed by atoms with Gasteiger partial charge in [0.1, 0.15) is 0 Å². The van der Waals surface area contributed by atoms with Crippen molar-refractivity contribution in [3.63, 3.8) is 0 Å². The lowest BCUT2D eigenvalue weighted by molar-refractivity contribution is 0.360. The fourth-order valence-corrected chi connectivity index (χ4v) is 4.15. The van der Waals surface area contributed by atoms with E-state index in [1.165, 1.54) is 0 Å². The summed E-state index contributed by atoms with van der Waals surface area (Å²) in [4.78, 5) is 3.45. The van der Waals surface area contributed by atoms with Crippen molar-refractivity contribution in [2.24, 2.45) is 5.92 Å². The predicted molar refractivity (Wildman–Crippen MR) is 84.5 cm³/mol. The van der Waals surface area contributed by atoms with Crippen molar-refractivity contribution in [3.8, 4) is 0 Å². The van der Waals surface area contributed by atoms with Gasteiger partial charge in [0.15, 0.2) is 0 Å². The Morgan fingerprint density at radius 3 is 2.52 bits per heavy atom. The maximum atomic E-state index is 12.8. The molecule has 0 radical (unpaired) electrons. The van der Waals surface area contributed by atoms with Crippen LogP contribution in [0.15, 0.2) is 17.2 Å². The van der Waals surface area contributed by atoms with E-state index in [1.54, 1.807) is 16.6 Å². The number of aromatic amines is 1. The van der Waals surface area contributed by atoms with Crippen molar-refractivity contribution >= 4 is 10.0 Å². The number of H-pyrrole nitrogens is 1. The van der Waals surface area contributed by atoms with Crippen molar-refractivity contribution in [3.05, 3.63) is 18.0 Å². The van der Waals surface area contributed by atoms with Gasteiger partial charge < -0.3 is 10.3 Å². The summed E-state index contributed by atoms with van der Waals surface area (Å²) in [6.07, 6.45) is 3.58. The first-order valence-corrected chi connectivity index (χ1v) is 9.17. The molecule has 0 spiro atoms. The summed E-state index contributed by atoms with van der Waals surface area (Å²) in [5.41, 5.74) is 0.905. The van der Waals surface area contributed by atoms with Crippen LogP contribution in [0, 0.1) is 5.92 Å². The molecule has 0 aliphatic heterocycles. The molecule has 6 heteroatoms. The highest BCUT2D eigenvalue weighted by Crippen LogP contribution is 2.32. The lowest BCUT2D eigenvalue weighted by Crippen LogP contribution is -2.35. The molecular formula is C15H27N3O2S. The fraction of sp³-hybridized carbons (Fsp3) is 0.733. The average Bonchev–Trinajstić information content (AvgIpc) is 3.10. The van der Waals surface area contributed by atoms with E-state index in [9.17, 15) is 8.42 Å². The van der Waals surface area contributed by atoms with Crippen LogP contribution < -0.4 is 5.32 Å². The number of sulfonamides is 1. The first-order chi connectivity index (χ1) is 9.80. The highest BCUT2D eigenvalue weighted by atomic mass is 32.2. The number of hydrogen-bond acceptors (Lipinski definition) is 3. The molecule has 2 N–H and O–H groups in total. The second-order valence-electron chi connectivity index (χ2n) is 6.60. The van der Waals surface area contributed by atoms with Gasteiger partial charge in [0.05, 0.1) is 4.90 Å². The average molecular weight is 313 g/mol. The van der Waals surface area contributed by atoms with Crippen molar-refractivity contribution < 1.29 is 8.42 Å². The summed E-state index contributed by atoms with van der Waals surface area (Å²) >= 11 is 0. The van der Waals surface area contributed by atoms with E-state index in [2.05, 4.69) is 38.0 Å². The quantitative estimate of drug-likeness (QED) is 0.774. The summed E-state index contributed by atoms with van der Waals surface area (Å²) in [6, 6.07) is 2.32. The van der Waals surface area contributed by atoms with Crippen molar-refractivity contribution in [1.29, 1.82) is 0 Å². The van der Waals surface area contributed by atoms with E-state index in [-0.39, 0.29) is 6.04 Å². The third-order valence-electron chi connectivity index (χ3n) is 3.52. The van der Waals surface area contributed by atoms with Crippen molar-refractivity contribution in [1.82, 2.24) is 14.6 Å². The Balaban J connectivity index is 2.14. The predicted octanol–water partition coefficient (Wildman–Crippen LogP) is 2.32. The number of rotatable bonds is 8. The number of hydrogen-bond donors (Lipinski definition) is 2. The molecule has 1 saturated carbocycles. The second kappa shape index (κ2) is 6.50. The molecule has 120 valence electrons. The van der Waals surface area contributed by atoms with Gasteiger partial charge in [-0.15, -0.1) is 0 Å². The molecule has 0 unspecified atom stereocenters. The monoisotopic (exact) mass is 313 g/mol. The third-order valence-corrected chi connectivity index (χ3v) is 5.42. The Morgan fingerprint density at radius 2 is 2.00 bits per heavy atom. The summed E-state index contributed by atoms with van der Waals surface area (Å²) in [5, 5.41) is 3.28. The molecule has 1 fully saturated rings. The Bertz CT molecular complexity index is 559. The van der Waals surface area contributed by atoms with Crippen LogP contribution in [0.5, 0.6) is 0 Å². The van der Waals surface area contributed by atoms with Crippen LogP contribution >= 0.6 is 0 Å². The molecule has 5 nitrogen and oxygen atoms in total. The Labute approximate surface area is 128 Å². The number of aromatic nitrogens is 1. The molecule has 2 rings (SSSR count). The minimum Gasteiger partial charge on any atom is -0.363 e. The van der Waals surface area contributed by atoms with Crippen LogP contribution in [-0.4, -0.2) is 36.3 Å². The summed E-state index contributed by atoms with van der Waals surface area (Å²) in [5.74, 6) is 0.335. The van der Waals surface area contributed by atoms with Crippen LogP contribution in [0.4, 0.5) is 0 Å². The molecular weight excluding hydrogens is 286 g/mol. The minimum atomic E-state index is -3.38. The van der Waals surface area contributed by atoms with Gasteiger partial charge in [0, 0.05) is 37.1 Å². The highest BCUT2D eigenvalue weighted by molar-refractivity contribution is 7.89. The van der Waals surface area contributed by atoms with Gasteiger partial charge in [-0.2, -0.15) is 4.31 Å². The van der Waals surface area contributed by atoms with Crippen LogP contribution in [0.25, 0.3) is 0 Å². The van der Waals surface area contributed by atoms with E-state index in [0.29, 0.717) is 29.9 Å². The van der Waals surface area contributed by atoms with Gasteiger partial charge in [-0.25, -0.2) is 8.42 Å². The van der Waals surface area contributed by atoms with E-state index < -0.39 is 10.0 Å². The van der Waals surface area contributed by atoms with Crippen LogP contribution in [0.3, 0.4) is 0 Å². The zero-order valence-corrected chi connectivity index (χ0v) is 14.2. The van der Waals surface area contributed by atoms with Crippen molar-refractivity contribution in [2.75, 3.05) is 6.54 Å². The lowest BCUT2D eigenvalue weighted by atomic mass is 10.2. The van der Waals surface area contributed by atoms with Crippen LogP contribution in [0.2, 0.25) is 0 Å². The maximum Gasteiger partial charge on any atom is 0.244 e. The van der Waals surface area contributed by atoms with E-state index in [1.807, 2.05) is 0 Å². The number of nitrogens with one attached hydrogen (secondary N) is 2. The standard InChI is InChI=1S/C15H27N3O2S/c1-11(2)10-18(14-5-6-14)21(19,20)15-7-13(17-9-15)8-16-12(3)4/h7,9,11-12,14,16-17H,5-6,8,10H2,1-4H3. The van der Waals surface area contributed by atoms with Gasteiger partial charge in [-0.1, -0.05) is 27.7 Å². The van der Waals surface area contributed by atoms with E-state index >= 15 is 0 Å². The molecule has 1 aliphatic carbocycles. The Hall–Kier alpha value is -0.850. The molecule has 0 bridgehead atoms. The maximum absolute atomic E-state index is 12.8. The minimum absolute atomic E-state index is 0.199. The Morgan fingerprint density at radius 1 is 1.33 bits per heavy atom. The third kappa shape index (κ3) is 4.31. The van der Waals surface area contributed by atoms with Gasteiger partial charge in [0.25, 0.3) is 0 Å². The van der Waals surface area contributed by atoms with Crippen LogP contribution in [0.1, 0.15) is 46.2 Å². The molecule has 1 aromatic rings. The largest absolute Gasteiger partial charge is 0.363 e. The second-order valence-corrected chi connectivity index (χ2v) is 8.49. The molecule has 0 aromatic carbocycles. The van der Waals surface area contributed by atoms with Gasteiger partial charge in [-0.05, 0) is 24.8 Å². The highest BCUT2D eigenvalue weighted by Gasteiger charge is 2.38. The van der Waals surface area contributed by atoms with Crippen molar-refractivity contribution in [2.45, 2.75) is 64.1 Å². The molecule has 1 aromatic heterocycles. The Kier molecular flexibility index (Phi) is 5.11. The summed E-state index contributed by atoms with van der Waals surface area (Å²) < 4.78 is 27.3. The smallest absolute Gasteiger partial charge is 0.244 e. The van der Waals surface area contributed by atoms with E-state index in [4.69, 9.17) is 0 Å². The summed E-state index contributed by atoms with van der Waals surface area (Å²) in [7, 11) is -3.38. The number of nitrogens with zero attached hydrogens (tertiary/aromatic N) is 1. The zero-order valence-electron chi connectivity index (χ0n) is 13.4. The summed E-state index contributed by atoms with van der Waals surface area (Å²) in [6.45, 7) is 9.49. The molecule has 0 atom stereocenters. The SMILES string of the molecule is CC(C)CN(C1CC1)S(=O)(=O)c1c[nH]c(CNC(C)C)c1. The lowest BCUT2D eigenvalue weighted by Gasteiger charge is -2.23. The first-order valence-electron chi connectivity index (χ1n) is 7.73. The zero-order chi connectivity index (χ0) is 15.6. The topological polar surface area (TPSA) is 65.2 Å².